The Morgan fingerprint density at radius 3 is 1.81 bits per heavy atom. The lowest BCUT2D eigenvalue weighted by atomic mass is 9.67. The lowest BCUT2D eigenvalue weighted by Crippen LogP contribution is -2.64. The fourth-order valence-corrected chi connectivity index (χ4v) is 13.7. The third-order valence-corrected chi connectivity index (χ3v) is 18.9. The molecule has 4 aliphatic rings. The van der Waals surface area contributed by atoms with Gasteiger partial charge in [0, 0.05) is 87.0 Å². The molecule has 34 heteroatoms. The van der Waals surface area contributed by atoms with Gasteiger partial charge in [0.15, 0.2) is 6.29 Å². The number of aliphatic hydroxyl groups excluding tert-OH is 1. The van der Waals surface area contributed by atoms with Crippen molar-refractivity contribution < 1.29 is 83.0 Å². The first-order chi connectivity index (χ1) is 49.7. The molecule has 1 aromatic heterocycles. The second-order valence-corrected chi connectivity index (χ2v) is 25.6. The Labute approximate surface area is 596 Å². The summed E-state index contributed by atoms with van der Waals surface area (Å²) in [5, 5.41) is 96.5. The number of aromatic nitrogens is 3. The van der Waals surface area contributed by atoms with E-state index in [-0.39, 0.29) is 134 Å². The lowest BCUT2D eigenvalue weighted by molar-refractivity contribution is -0.138. The topological polar surface area (TPSA) is 503 Å². The number of hydrogen-bond acceptors (Lipinski definition) is 18. The van der Waals surface area contributed by atoms with Crippen LogP contribution in [0.15, 0.2) is 60.8 Å². The molecule has 0 fully saturated rings. The maximum Gasteiger partial charge on any atom is 0.335 e. The minimum Gasteiger partial charge on any atom is -0.491 e. The van der Waals surface area contributed by atoms with Gasteiger partial charge in [-0.05, 0) is 145 Å². The third-order valence-electron chi connectivity index (χ3n) is 18.9. The number of aliphatic carboxylic acids is 1. The van der Waals surface area contributed by atoms with Gasteiger partial charge in [0.05, 0.1) is 70.6 Å². The number of carbonyl (C=O) groups excluding carboxylic acids is 7. The van der Waals surface area contributed by atoms with Crippen molar-refractivity contribution in [3.63, 3.8) is 0 Å². The summed E-state index contributed by atoms with van der Waals surface area (Å²) in [4.78, 5) is 139. The van der Waals surface area contributed by atoms with Gasteiger partial charge in [-0.15, -0.1) is 5.10 Å². The molecule has 552 valence electrons. The number of urea groups is 5. The van der Waals surface area contributed by atoms with Crippen LogP contribution in [0.4, 0.5) is 52.4 Å². The lowest BCUT2D eigenvalue weighted by Gasteiger charge is -2.45. The predicted molar refractivity (Wildman–Crippen MR) is 377 cm³/mol. The van der Waals surface area contributed by atoms with Crippen molar-refractivity contribution in [3.05, 3.63) is 150 Å². The number of nitrogens with one attached hydrogen (secondary N) is 13. The van der Waals surface area contributed by atoms with Crippen LogP contribution in [-0.2, 0) is 102 Å². The number of carboxylic acid groups (broad SMARTS) is 3. The molecule has 0 saturated heterocycles. The third kappa shape index (κ3) is 16.9. The van der Waals surface area contributed by atoms with Crippen molar-refractivity contribution >= 4 is 88.3 Å². The second kappa shape index (κ2) is 32.7. The molecule has 34 nitrogen and oxygen atoms in total. The van der Waals surface area contributed by atoms with Gasteiger partial charge in [-0.3, -0.25) is 19.7 Å². The zero-order valence-electron chi connectivity index (χ0n) is 57.9. The van der Waals surface area contributed by atoms with Crippen LogP contribution in [0.1, 0.15) is 158 Å². The van der Waals surface area contributed by atoms with Crippen LogP contribution < -0.4 is 79.6 Å². The van der Waals surface area contributed by atoms with E-state index < -0.39 is 84.0 Å². The van der Waals surface area contributed by atoms with E-state index >= 15 is 9.59 Å². The summed E-state index contributed by atoms with van der Waals surface area (Å²) in [5.41, 5.74) is 6.75. The molecule has 0 radical (unpaired) electrons. The van der Waals surface area contributed by atoms with Gasteiger partial charge in [-0.25, -0.2) is 38.2 Å². The summed E-state index contributed by atoms with van der Waals surface area (Å²) in [6.45, 7) is 8.57. The molecule has 3 aliphatic heterocycles. The number of nitrogens with zero attached hydrogens (tertiary/aromatic N) is 3. The molecule has 10 rings (SSSR count). The fraction of sp³-hybridized carbons (Fsp3) is 0.400. The number of hydrogen-bond donors (Lipinski definition) is 19. The number of carboxylic acids is 3. The Morgan fingerprint density at radius 1 is 0.635 bits per heavy atom. The fourth-order valence-electron chi connectivity index (χ4n) is 13.7. The SMILES string of the molecule is CCc1c2c(CC)c3c(CC)c1CNC(=O)Nc1ccc(C(=O)O)cc1NC(=O)C1(NCc4c(C)c(c(OCCOCCn5cc(CCC(=O)NCCCC[C@H](N)C(=O)O)nn5)c5c4C(C)(C5)NC(=O)Nc4cc(C(=O)O)ccc41)CNC(=O)Nc1cc(C(O)O)ccc1NC(=O)NC2)NC(=O)NC3. The summed E-state index contributed by atoms with van der Waals surface area (Å²) in [5.74, 6) is -5.04. The summed E-state index contributed by atoms with van der Waals surface area (Å²) >= 11 is 0. The van der Waals surface area contributed by atoms with Crippen molar-refractivity contribution in [2.75, 3.05) is 52.9 Å². The average molecular weight is 1440 g/mol. The number of fused-ring (bicyclic) bond motifs is 10. The van der Waals surface area contributed by atoms with Gasteiger partial charge in [-0.1, -0.05) is 38.1 Å². The molecular formula is C70H85N17O17. The maximum atomic E-state index is 16.3. The maximum absolute atomic E-state index is 16.3. The highest BCUT2D eigenvalue weighted by Crippen LogP contribution is 2.50. The number of benzene rings is 5. The Balaban J connectivity index is 1.07. The van der Waals surface area contributed by atoms with E-state index in [0.29, 0.717) is 101 Å². The molecule has 4 heterocycles. The Bertz CT molecular complexity index is 4390. The van der Waals surface area contributed by atoms with E-state index in [4.69, 9.17) is 20.3 Å². The van der Waals surface area contributed by atoms with Crippen LogP contribution in [-0.4, -0.2) is 133 Å². The Kier molecular flexibility index (Phi) is 23.6. The van der Waals surface area contributed by atoms with Gasteiger partial charge >= 0.3 is 48.1 Å². The number of aliphatic hydroxyl groups is 2. The van der Waals surface area contributed by atoms with E-state index in [2.05, 4.69) is 79.4 Å². The number of anilines is 5. The molecule has 1 aliphatic carbocycles. The molecule has 6 aromatic rings. The molecule has 20 N–H and O–H groups in total. The number of carbonyl (C=O) groups is 10. The summed E-state index contributed by atoms with van der Waals surface area (Å²) < 4.78 is 14.3. The van der Waals surface area contributed by atoms with E-state index in [0.717, 1.165) is 29.3 Å². The van der Waals surface area contributed by atoms with E-state index in [1.54, 1.807) is 24.7 Å². The number of rotatable bonds is 22. The van der Waals surface area contributed by atoms with E-state index in [9.17, 15) is 58.8 Å². The minimum atomic E-state index is -2.66. The molecule has 0 saturated carbocycles. The molecule has 1 spiro atoms. The zero-order chi connectivity index (χ0) is 74.7. The van der Waals surface area contributed by atoms with Crippen molar-refractivity contribution in [2.24, 2.45) is 5.73 Å². The first-order valence-corrected chi connectivity index (χ1v) is 34.1. The van der Waals surface area contributed by atoms with Crippen LogP contribution in [0.2, 0.25) is 0 Å². The van der Waals surface area contributed by atoms with Crippen LogP contribution in [0.25, 0.3) is 0 Å². The van der Waals surface area contributed by atoms with Crippen LogP contribution in [0, 0.1) is 6.92 Å². The van der Waals surface area contributed by atoms with Crippen LogP contribution in [0.3, 0.4) is 0 Å². The molecule has 2 unspecified atom stereocenters. The summed E-state index contributed by atoms with van der Waals surface area (Å²) in [6, 6.07) is 5.80. The smallest absolute Gasteiger partial charge is 0.335 e. The summed E-state index contributed by atoms with van der Waals surface area (Å²) in [6.07, 6.45) is 2.65. The number of aromatic carboxylic acids is 2. The predicted octanol–water partition coefficient (Wildman–Crippen LogP) is 4.96. The first kappa shape index (κ1) is 75.2. The quantitative estimate of drug-likeness (QED) is 0.0315. The average Bonchev–Trinajstić information content (AvgIpc) is 1.01. The van der Waals surface area contributed by atoms with E-state index in [1.165, 1.54) is 36.4 Å². The van der Waals surface area contributed by atoms with E-state index in [1.807, 2.05) is 20.8 Å². The molecule has 6 bridgehead atoms. The van der Waals surface area contributed by atoms with Gasteiger partial charge in [0.2, 0.25) is 11.6 Å². The van der Waals surface area contributed by atoms with Gasteiger partial charge < -0.3 is 105 Å². The number of unbranched alkanes of at least 4 members (excludes halogenated alkanes) is 1. The standard InChI is InChI=1S/C70H85N17O17/c1-6-40-46-30-74-64(98)79-51-17-13-37(60(91)92)26-54(51)78-63(97)70-49-16-12-36(59(89)90)25-53(49)81-68(102)83-69(5)28-43-57(69)44(33-77-70)35(4)45(58(43)104-24-23-103-22-21-87-34-39(85-86-87)15-19-56(88)72-20-10-9-11-50(71)62(95)96)29-73-66(100)82-55-27-38(61(93)94)14-18-52(55)80-65(99)75-31-47(40)42(8-3)48(41(46)7-2)32-76-67(101)84-70/h12-14,16-18,25-27,34,50,61,77,93-94H,6-11,15,19-24,28-33,71H2,1-5H3,(H,72,88)(H,78,97)(H,89,90)(H,91,92)(H,95,96)(H2,73,82,100)(H2,74,79,98)(H2,75,80,99)(H2,76,84,101)(H2,81,83,102)/t50-,69?,70?/m0/s1. The van der Waals surface area contributed by atoms with Gasteiger partial charge in [-0.2, -0.15) is 0 Å². The molecule has 104 heavy (non-hydrogen) atoms. The summed E-state index contributed by atoms with van der Waals surface area (Å²) in [7, 11) is 0. The zero-order valence-corrected chi connectivity index (χ0v) is 57.9. The second-order valence-electron chi connectivity index (χ2n) is 25.6. The van der Waals surface area contributed by atoms with Crippen LogP contribution >= 0.6 is 0 Å². The number of nitrogens with two attached hydrogens (primary N) is 1. The highest BCUT2D eigenvalue weighted by Gasteiger charge is 2.50. The van der Waals surface area contributed by atoms with Crippen molar-refractivity contribution in [1.82, 2.24) is 57.5 Å². The molecule has 3 atom stereocenters. The number of aryl methyl sites for hydroxylation is 1. The normalized spacial score (nSPS) is 17.7. The van der Waals surface area contributed by atoms with Crippen LogP contribution in [0.5, 0.6) is 5.75 Å². The van der Waals surface area contributed by atoms with Crippen molar-refractivity contribution in [2.45, 2.75) is 155 Å². The van der Waals surface area contributed by atoms with Crippen molar-refractivity contribution in [3.8, 4) is 5.75 Å². The molecular weight excluding hydrogens is 1350 g/mol. The van der Waals surface area contributed by atoms with Gasteiger partial charge in [0.25, 0.3) is 5.91 Å². The largest absolute Gasteiger partial charge is 0.491 e. The monoisotopic (exact) mass is 1440 g/mol. The highest BCUT2D eigenvalue weighted by atomic mass is 16.5. The molecule has 5 aromatic carbocycles. The highest BCUT2D eigenvalue weighted by molar-refractivity contribution is 6.08. The number of ether oxygens (including phenoxy) is 2. The Morgan fingerprint density at radius 2 is 1.20 bits per heavy atom. The first-order valence-electron chi connectivity index (χ1n) is 34.1. The molecule has 12 amide bonds. The minimum absolute atomic E-state index is 0.00632. The van der Waals surface area contributed by atoms with Gasteiger partial charge in [0.1, 0.15) is 18.4 Å². The Hall–Kier alpha value is -11.5. The van der Waals surface area contributed by atoms with Crippen molar-refractivity contribution in [1.29, 1.82) is 0 Å². The number of amides is 12.